The Bertz CT molecular complexity index is 5100. The SMILES string of the molecule is [C-]#[N+]c1ccc(-c2cc(-n3c4cc(-c5ccnc(-c6ccccc6)c5)ccc4c4ccc(-c5ccnc(-c6ccccc6)c5)cc43)ncc2-n2c3cc(-c4ccnc(-c5ccccc5)c4)ccc3c3ccc(-c4ccnc(-c5ccccc5)c4)cc32)cc1. The van der Waals surface area contributed by atoms with Gasteiger partial charge >= 0.3 is 0 Å². The van der Waals surface area contributed by atoms with Crippen molar-refractivity contribution >= 4 is 49.3 Å². The summed E-state index contributed by atoms with van der Waals surface area (Å²) in [6.45, 7) is 8.01. The quantitative estimate of drug-likeness (QED) is 0.121. The van der Waals surface area contributed by atoms with E-state index in [1.165, 1.54) is 0 Å². The molecule has 0 fully saturated rings. The molecule has 0 spiro atoms. The molecule has 16 aromatic rings. The number of nitrogens with zero attached hydrogens (tertiary/aromatic N) is 8. The summed E-state index contributed by atoms with van der Waals surface area (Å²) in [5.74, 6) is 0.735. The van der Waals surface area contributed by atoms with E-state index in [-0.39, 0.29) is 0 Å². The van der Waals surface area contributed by atoms with Crippen LogP contribution in [0.2, 0.25) is 0 Å². The number of benzene rings is 9. The standard InChI is InChI=1S/C80H50N8/c1-81-65-28-22-52(23-29-65)70-50-80(88-77-48-59(63-36-40-84-73(44-63)55-18-10-4-11-19-55)26-32-68(77)69-33-27-60(49-78(69)88)64-37-41-85-74(45-64)56-20-12-5-13-21-56)86-51-79(70)87-75-46-57(61-34-38-82-71(42-61)53-14-6-2-7-15-53)24-30-66(75)67-31-25-58(47-76(67)87)62-35-39-83-72(43-62)54-16-8-3-9-17-54/h2-51H. The van der Waals surface area contributed by atoms with Gasteiger partial charge in [0.1, 0.15) is 5.82 Å². The van der Waals surface area contributed by atoms with Gasteiger partial charge in [-0.1, -0.05) is 194 Å². The van der Waals surface area contributed by atoms with Crippen molar-refractivity contribution in [1.82, 2.24) is 34.1 Å². The second kappa shape index (κ2) is 21.8. The first-order chi connectivity index (χ1) is 43.5. The lowest BCUT2D eigenvalue weighted by Gasteiger charge is -2.17. The molecule has 0 atom stereocenters. The van der Waals surface area contributed by atoms with Gasteiger partial charge in [0.15, 0.2) is 5.69 Å². The lowest BCUT2D eigenvalue weighted by molar-refractivity contribution is 1.06. The predicted molar refractivity (Wildman–Crippen MR) is 359 cm³/mol. The molecule has 7 aromatic heterocycles. The van der Waals surface area contributed by atoms with Crippen LogP contribution in [0.4, 0.5) is 5.69 Å². The summed E-state index contributed by atoms with van der Waals surface area (Å²) in [7, 11) is 0. The molecule has 0 radical (unpaired) electrons. The molecule has 0 bridgehead atoms. The van der Waals surface area contributed by atoms with Crippen LogP contribution in [0.3, 0.4) is 0 Å². The van der Waals surface area contributed by atoms with Crippen LogP contribution in [0, 0.1) is 6.57 Å². The van der Waals surface area contributed by atoms with Crippen molar-refractivity contribution in [3.8, 4) is 112 Å². The molecule has 410 valence electrons. The van der Waals surface area contributed by atoms with Gasteiger partial charge in [0.25, 0.3) is 0 Å². The van der Waals surface area contributed by atoms with E-state index in [0.29, 0.717) is 5.69 Å². The smallest absolute Gasteiger partial charge is 0.187 e. The largest absolute Gasteiger partial charge is 0.307 e. The second-order valence-electron chi connectivity index (χ2n) is 22.0. The third kappa shape index (κ3) is 9.33. The van der Waals surface area contributed by atoms with Crippen LogP contribution in [-0.2, 0) is 0 Å². The highest BCUT2D eigenvalue weighted by molar-refractivity contribution is 6.13. The number of rotatable bonds is 11. The van der Waals surface area contributed by atoms with E-state index >= 15 is 0 Å². The van der Waals surface area contributed by atoms with Crippen LogP contribution in [0.5, 0.6) is 0 Å². The Labute approximate surface area is 508 Å². The van der Waals surface area contributed by atoms with E-state index in [1.807, 2.05) is 116 Å². The second-order valence-corrected chi connectivity index (χ2v) is 22.0. The summed E-state index contributed by atoms with van der Waals surface area (Å²) < 4.78 is 4.70. The molecule has 0 amide bonds. The van der Waals surface area contributed by atoms with Crippen molar-refractivity contribution in [3.05, 3.63) is 315 Å². The zero-order chi connectivity index (χ0) is 58.5. The first-order valence-corrected chi connectivity index (χ1v) is 29.3. The van der Waals surface area contributed by atoms with E-state index in [4.69, 9.17) is 31.5 Å². The van der Waals surface area contributed by atoms with Crippen molar-refractivity contribution in [3.63, 3.8) is 0 Å². The molecule has 88 heavy (non-hydrogen) atoms. The molecule has 7 heterocycles. The van der Waals surface area contributed by atoms with Gasteiger partial charge in [-0.15, -0.1) is 0 Å². The molecule has 0 saturated heterocycles. The molecule has 0 saturated carbocycles. The maximum atomic E-state index is 8.01. The van der Waals surface area contributed by atoms with Gasteiger partial charge in [0.05, 0.1) is 63.3 Å². The van der Waals surface area contributed by atoms with Crippen LogP contribution in [0.1, 0.15) is 0 Å². The first kappa shape index (κ1) is 51.5. The van der Waals surface area contributed by atoms with E-state index in [9.17, 15) is 0 Å². The fraction of sp³-hybridized carbons (Fsp3) is 0. The van der Waals surface area contributed by atoms with E-state index in [1.54, 1.807) is 0 Å². The average molecular weight is 1120 g/mol. The maximum Gasteiger partial charge on any atom is 0.187 e. The Kier molecular flexibility index (Phi) is 12.7. The van der Waals surface area contributed by atoms with Crippen molar-refractivity contribution < 1.29 is 0 Å². The maximum absolute atomic E-state index is 8.01. The van der Waals surface area contributed by atoms with Crippen LogP contribution in [0.15, 0.2) is 304 Å². The van der Waals surface area contributed by atoms with Crippen molar-refractivity contribution in [1.29, 1.82) is 0 Å². The van der Waals surface area contributed by atoms with Crippen LogP contribution >= 0.6 is 0 Å². The molecular weight excluding hydrogens is 1070 g/mol. The zero-order valence-electron chi connectivity index (χ0n) is 47.4. The van der Waals surface area contributed by atoms with Crippen molar-refractivity contribution in [2.45, 2.75) is 0 Å². The molecule has 8 nitrogen and oxygen atoms in total. The third-order valence-corrected chi connectivity index (χ3v) is 16.8. The molecular formula is C80H50N8. The first-order valence-electron chi connectivity index (χ1n) is 29.3. The monoisotopic (exact) mass is 1120 g/mol. The highest BCUT2D eigenvalue weighted by atomic mass is 15.1. The third-order valence-electron chi connectivity index (χ3n) is 16.8. The summed E-state index contributed by atoms with van der Waals surface area (Å²) >= 11 is 0. The highest BCUT2D eigenvalue weighted by Gasteiger charge is 2.23. The van der Waals surface area contributed by atoms with Crippen LogP contribution in [0.25, 0.3) is 161 Å². The van der Waals surface area contributed by atoms with E-state index in [0.717, 1.165) is 156 Å². The van der Waals surface area contributed by atoms with Crippen LogP contribution in [-0.4, -0.2) is 34.1 Å². The average Bonchev–Trinajstić information content (AvgIpc) is 1.65. The van der Waals surface area contributed by atoms with Crippen molar-refractivity contribution in [2.24, 2.45) is 0 Å². The summed E-state index contributed by atoms with van der Waals surface area (Å²) in [5, 5.41) is 4.39. The number of fused-ring (bicyclic) bond motifs is 6. The lowest BCUT2D eigenvalue weighted by Crippen LogP contribution is -2.03. The Morgan fingerprint density at radius 3 is 0.898 bits per heavy atom. The summed E-state index contributed by atoms with van der Waals surface area (Å²) in [5.41, 5.74) is 23.6. The fourth-order valence-electron chi connectivity index (χ4n) is 12.5. The Morgan fingerprint density at radius 1 is 0.261 bits per heavy atom. The number of hydrogen-bond donors (Lipinski definition) is 0. The molecule has 9 aromatic carbocycles. The molecule has 0 aliphatic carbocycles. The number of pyridine rings is 5. The van der Waals surface area contributed by atoms with Crippen molar-refractivity contribution in [2.75, 3.05) is 0 Å². The van der Waals surface area contributed by atoms with Gasteiger partial charge in [0.2, 0.25) is 0 Å². The van der Waals surface area contributed by atoms with E-state index in [2.05, 4.69) is 202 Å². The normalized spacial score (nSPS) is 11.4. The number of aromatic nitrogens is 7. The topological polar surface area (TPSA) is 78.7 Å². The zero-order valence-corrected chi connectivity index (χ0v) is 47.4. The van der Waals surface area contributed by atoms with Gasteiger partial charge in [-0.2, -0.15) is 0 Å². The minimum atomic E-state index is 0.561. The minimum absolute atomic E-state index is 0.561. The van der Waals surface area contributed by atoms with E-state index < -0.39 is 0 Å². The molecule has 0 aliphatic rings. The van der Waals surface area contributed by atoms with Gasteiger partial charge in [-0.05, 0) is 129 Å². The molecule has 8 heteroatoms. The lowest BCUT2D eigenvalue weighted by atomic mass is 10.0. The Hall–Kier alpha value is -12.2. The minimum Gasteiger partial charge on any atom is -0.307 e. The number of hydrogen-bond acceptors (Lipinski definition) is 5. The van der Waals surface area contributed by atoms with Gasteiger partial charge in [-0.3, -0.25) is 24.5 Å². The van der Waals surface area contributed by atoms with Crippen LogP contribution < -0.4 is 0 Å². The molecule has 16 rings (SSSR count). The van der Waals surface area contributed by atoms with Gasteiger partial charge < -0.3 is 4.57 Å². The summed E-state index contributed by atoms with van der Waals surface area (Å²) in [6.07, 6.45) is 9.63. The van der Waals surface area contributed by atoms with Gasteiger partial charge in [-0.25, -0.2) is 9.83 Å². The Balaban J connectivity index is 0.943. The summed E-state index contributed by atoms with van der Waals surface area (Å²) in [4.78, 5) is 28.7. The molecule has 0 N–H and O–H groups in total. The summed E-state index contributed by atoms with van der Waals surface area (Å²) in [6, 6.07) is 95.6. The van der Waals surface area contributed by atoms with Gasteiger partial charge in [0, 0.05) is 74.1 Å². The fourth-order valence-corrected chi connectivity index (χ4v) is 12.5. The Morgan fingerprint density at radius 2 is 0.568 bits per heavy atom. The highest BCUT2D eigenvalue weighted by Crippen LogP contribution is 2.43. The molecule has 0 unspecified atom stereocenters. The predicted octanol–water partition coefficient (Wildman–Crippen LogP) is 20.4. The molecule has 0 aliphatic heterocycles.